The number of nitrogens with zero attached hydrogens (tertiary/aromatic N) is 1. The molecule has 0 bridgehead atoms. The summed E-state index contributed by atoms with van der Waals surface area (Å²) in [6, 6.07) is 92.4. The largest absolute Gasteiger partial charge is 0.309 e. The molecule has 11 aromatic carbocycles. The molecule has 0 fully saturated rings. The van der Waals surface area contributed by atoms with E-state index in [0.717, 1.165) is 5.69 Å². The Bertz CT molecular complexity index is 4210. The monoisotopic (exact) mass is 921 g/mol. The highest BCUT2D eigenvalue weighted by molar-refractivity contribution is 7.26. The fraction of sp³-hybridized carbons (Fsp3) is 0.0435. The van der Waals surface area contributed by atoms with E-state index in [1.165, 1.54) is 131 Å². The molecule has 334 valence electrons. The molecule has 0 radical (unpaired) electrons. The Morgan fingerprint density at radius 3 is 1.42 bits per heavy atom. The topological polar surface area (TPSA) is 4.93 Å². The first-order valence-corrected chi connectivity index (χ1v) is 25.5. The van der Waals surface area contributed by atoms with Gasteiger partial charge in [0.15, 0.2) is 0 Å². The van der Waals surface area contributed by atoms with Gasteiger partial charge in [0, 0.05) is 42.0 Å². The average molecular weight is 922 g/mol. The molecule has 14 rings (SSSR count). The first-order chi connectivity index (χ1) is 34.9. The van der Waals surface area contributed by atoms with Gasteiger partial charge < -0.3 is 4.57 Å². The molecule has 2 heterocycles. The first-order valence-electron chi connectivity index (χ1n) is 24.6. The number of benzene rings is 11. The molecule has 2 aromatic heterocycles. The van der Waals surface area contributed by atoms with Crippen molar-refractivity contribution in [2.24, 2.45) is 0 Å². The lowest BCUT2D eigenvalue weighted by molar-refractivity contribution is 0.660. The third-order valence-electron chi connectivity index (χ3n) is 15.2. The van der Waals surface area contributed by atoms with Crippen LogP contribution in [0, 0.1) is 0 Å². The minimum atomic E-state index is -0.0546. The predicted molar refractivity (Wildman–Crippen MR) is 304 cm³/mol. The Morgan fingerprint density at radius 1 is 0.296 bits per heavy atom. The highest BCUT2D eigenvalue weighted by Crippen LogP contribution is 2.51. The van der Waals surface area contributed by atoms with Crippen molar-refractivity contribution < 1.29 is 0 Å². The van der Waals surface area contributed by atoms with E-state index >= 15 is 0 Å². The summed E-state index contributed by atoms with van der Waals surface area (Å²) in [5.41, 5.74) is 23.6. The summed E-state index contributed by atoms with van der Waals surface area (Å²) >= 11 is 1.91. The quantitative estimate of drug-likeness (QED) is 0.150. The van der Waals surface area contributed by atoms with Gasteiger partial charge in [-0.3, -0.25) is 0 Å². The number of thiophene rings is 1. The summed E-state index contributed by atoms with van der Waals surface area (Å²) in [6.45, 7) is 4.74. The smallest absolute Gasteiger partial charge is 0.0541 e. The zero-order valence-electron chi connectivity index (χ0n) is 39.5. The Balaban J connectivity index is 0.924. The van der Waals surface area contributed by atoms with Crippen molar-refractivity contribution in [1.29, 1.82) is 0 Å². The molecule has 13 aromatic rings. The first kappa shape index (κ1) is 41.4. The maximum atomic E-state index is 2.46. The third kappa shape index (κ3) is 6.82. The Labute approximate surface area is 418 Å². The molecule has 1 aliphatic carbocycles. The minimum Gasteiger partial charge on any atom is -0.309 e. The van der Waals surface area contributed by atoms with Crippen molar-refractivity contribution in [3.63, 3.8) is 0 Å². The summed E-state index contributed by atoms with van der Waals surface area (Å²) in [7, 11) is 0. The van der Waals surface area contributed by atoms with Gasteiger partial charge in [0.1, 0.15) is 0 Å². The Morgan fingerprint density at radius 2 is 0.761 bits per heavy atom. The van der Waals surface area contributed by atoms with Gasteiger partial charge in [-0.2, -0.15) is 0 Å². The Kier molecular flexibility index (Phi) is 9.49. The molecule has 0 amide bonds. The van der Waals surface area contributed by atoms with Gasteiger partial charge in [-0.25, -0.2) is 0 Å². The molecule has 0 aliphatic heterocycles. The molecule has 0 N–H and O–H groups in total. The fourth-order valence-electron chi connectivity index (χ4n) is 11.6. The van der Waals surface area contributed by atoms with Crippen molar-refractivity contribution in [2.75, 3.05) is 0 Å². The molecule has 0 unspecified atom stereocenters. The van der Waals surface area contributed by atoms with Crippen LogP contribution in [0.3, 0.4) is 0 Å². The van der Waals surface area contributed by atoms with Gasteiger partial charge in [-0.1, -0.05) is 190 Å². The highest BCUT2D eigenvalue weighted by Gasteiger charge is 2.35. The van der Waals surface area contributed by atoms with Crippen LogP contribution in [0.2, 0.25) is 0 Å². The van der Waals surface area contributed by atoms with Crippen molar-refractivity contribution in [2.45, 2.75) is 19.3 Å². The zero-order valence-corrected chi connectivity index (χ0v) is 40.3. The van der Waals surface area contributed by atoms with Crippen molar-refractivity contribution >= 4 is 53.3 Å². The summed E-state index contributed by atoms with van der Waals surface area (Å²) in [4.78, 5) is 0. The van der Waals surface area contributed by atoms with E-state index in [9.17, 15) is 0 Å². The van der Waals surface area contributed by atoms with E-state index in [0.29, 0.717) is 0 Å². The number of fused-ring (bicyclic) bond motifs is 9. The van der Waals surface area contributed by atoms with Gasteiger partial charge in [0.25, 0.3) is 0 Å². The summed E-state index contributed by atoms with van der Waals surface area (Å²) in [5.74, 6) is 0. The predicted octanol–water partition coefficient (Wildman–Crippen LogP) is 19.5. The molecule has 71 heavy (non-hydrogen) atoms. The normalized spacial score (nSPS) is 12.8. The maximum absolute atomic E-state index is 2.46. The van der Waals surface area contributed by atoms with E-state index < -0.39 is 0 Å². The lowest BCUT2D eigenvalue weighted by atomic mass is 9.81. The highest BCUT2D eigenvalue weighted by atomic mass is 32.1. The van der Waals surface area contributed by atoms with Gasteiger partial charge in [-0.15, -0.1) is 11.3 Å². The molecule has 0 saturated heterocycles. The standard InChI is InChI=1S/C69H47NS/c1-69(2)63-24-13-12-21-57(63)58-33-29-51(43-64(58)69)56-22-14-23-59-62-42-50(32-36-67(62)71-68(56)59)54-38-52(47-27-25-46(26-28-47)44-15-6-3-7-16-44)37-53(39-54)49-31-35-66-61(41-49)60-40-48(45-17-8-4-9-18-45)30-34-65(60)70(66)55-19-10-5-11-20-55/h3-43H,1-2H3. The number of rotatable bonds is 7. The van der Waals surface area contributed by atoms with Crippen LogP contribution in [0.4, 0.5) is 0 Å². The minimum absolute atomic E-state index is 0.0546. The molecule has 1 aliphatic rings. The van der Waals surface area contributed by atoms with E-state index in [4.69, 9.17) is 0 Å². The molecular formula is C69H47NS. The van der Waals surface area contributed by atoms with Gasteiger partial charge in [0.05, 0.1) is 11.0 Å². The second kappa shape index (κ2) is 16.3. The van der Waals surface area contributed by atoms with Crippen LogP contribution in [0.5, 0.6) is 0 Å². The third-order valence-corrected chi connectivity index (χ3v) is 16.4. The van der Waals surface area contributed by atoms with Gasteiger partial charge in [0.2, 0.25) is 0 Å². The number of hydrogen-bond donors (Lipinski definition) is 0. The van der Waals surface area contributed by atoms with Crippen molar-refractivity contribution in [1.82, 2.24) is 4.57 Å². The molecule has 0 saturated carbocycles. The second-order valence-corrected chi connectivity index (χ2v) is 20.7. The van der Waals surface area contributed by atoms with Crippen LogP contribution in [-0.4, -0.2) is 4.57 Å². The van der Waals surface area contributed by atoms with Crippen LogP contribution in [0.1, 0.15) is 25.0 Å². The van der Waals surface area contributed by atoms with Crippen LogP contribution in [-0.2, 0) is 5.41 Å². The number of aromatic nitrogens is 1. The van der Waals surface area contributed by atoms with Gasteiger partial charge >= 0.3 is 0 Å². The second-order valence-electron chi connectivity index (χ2n) is 19.7. The molecular weight excluding hydrogens is 875 g/mol. The zero-order chi connectivity index (χ0) is 47.2. The molecule has 2 heteroatoms. The maximum Gasteiger partial charge on any atom is 0.0541 e. The molecule has 1 nitrogen and oxygen atoms in total. The number of para-hydroxylation sites is 1. The van der Waals surface area contributed by atoms with Crippen LogP contribution >= 0.6 is 11.3 Å². The lowest BCUT2D eigenvalue weighted by Gasteiger charge is -2.22. The fourth-order valence-corrected chi connectivity index (χ4v) is 12.8. The van der Waals surface area contributed by atoms with E-state index in [1.807, 2.05) is 11.3 Å². The van der Waals surface area contributed by atoms with Crippen LogP contribution in [0.15, 0.2) is 249 Å². The lowest BCUT2D eigenvalue weighted by Crippen LogP contribution is -2.14. The SMILES string of the molecule is CC1(C)c2ccccc2-c2ccc(-c3cccc4c3sc3ccc(-c5cc(-c6ccc(-c7ccccc7)cc6)cc(-c6ccc7c(c6)c6cc(-c8ccccc8)ccc6n7-c6ccccc6)c5)cc34)cc21. The summed E-state index contributed by atoms with van der Waals surface area (Å²) < 4.78 is 5.04. The number of hydrogen-bond acceptors (Lipinski definition) is 1. The summed E-state index contributed by atoms with van der Waals surface area (Å²) in [6.07, 6.45) is 0. The van der Waals surface area contributed by atoms with E-state index in [2.05, 4.69) is 267 Å². The Hall–Kier alpha value is -8.56. The van der Waals surface area contributed by atoms with Gasteiger partial charge in [-0.05, 0) is 162 Å². The van der Waals surface area contributed by atoms with Crippen molar-refractivity contribution in [3.8, 4) is 83.6 Å². The van der Waals surface area contributed by atoms with E-state index in [-0.39, 0.29) is 5.41 Å². The van der Waals surface area contributed by atoms with Crippen LogP contribution < -0.4 is 0 Å². The average Bonchev–Trinajstić information content (AvgIpc) is 4.05. The molecule has 0 atom stereocenters. The summed E-state index contributed by atoms with van der Waals surface area (Å²) in [5, 5.41) is 5.07. The van der Waals surface area contributed by atoms with E-state index in [1.54, 1.807) is 0 Å². The molecule has 0 spiro atoms. The van der Waals surface area contributed by atoms with Crippen LogP contribution in [0.25, 0.3) is 126 Å². The van der Waals surface area contributed by atoms with Crippen molar-refractivity contribution in [3.05, 3.63) is 260 Å².